The Balaban J connectivity index is 2.31. The second kappa shape index (κ2) is 4.92. The average molecular weight is 305 g/mol. The molecular formula is C12H8Cl3NO2. The zero-order chi connectivity index (χ0) is 13.4. The minimum atomic E-state index is -0.575. The number of benzene rings is 1. The van der Waals surface area contributed by atoms with Crippen LogP contribution in [-0.4, -0.2) is 16.7 Å². The van der Waals surface area contributed by atoms with E-state index in [-0.39, 0.29) is 10.1 Å². The fourth-order valence-electron chi connectivity index (χ4n) is 1.73. The van der Waals surface area contributed by atoms with E-state index in [1.165, 1.54) is 0 Å². The SMILES string of the molecule is CC(c1ccc(Cl)cc1)N1C(=O)C(Cl)=C(Cl)C1=O. The molecule has 18 heavy (non-hydrogen) atoms. The highest BCUT2D eigenvalue weighted by Crippen LogP contribution is 2.33. The molecule has 6 heteroatoms. The van der Waals surface area contributed by atoms with E-state index >= 15 is 0 Å². The maximum absolute atomic E-state index is 11.8. The molecule has 0 fully saturated rings. The van der Waals surface area contributed by atoms with E-state index in [0.717, 1.165) is 10.5 Å². The minimum Gasteiger partial charge on any atom is -0.267 e. The van der Waals surface area contributed by atoms with Crippen LogP contribution in [-0.2, 0) is 9.59 Å². The van der Waals surface area contributed by atoms with Crippen LogP contribution in [0.15, 0.2) is 34.3 Å². The topological polar surface area (TPSA) is 37.4 Å². The molecule has 0 aromatic heterocycles. The molecule has 0 saturated heterocycles. The Hall–Kier alpha value is -1.03. The average Bonchev–Trinajstić information content (AvgIpc) is 2.54. The lowest BCUT2D eigenvalue weighted by Crippen LogP contribution is -2.33. The van der Waals surface area contributed by atoms with Crippen molar-refractivity contribution in [1.29, 1.82) is 0 Å². The van der Waals surface area contributed by atoms with Crippen LogP contribution >= 0.6 is 34.8 Å². The first-order valence-electron chi connectivity index (χ1n) is 5.12. The summed E-state index contributed by atoms with van der Waals surface area (Å²) in [7, 11) is 0. The molecule has 0 radical (unpaired) electrons. The summed E-state index contributed by atoms with van der Waals surface area (Å²) in [5.41, 5.74) is 0.775. The quantitative estimate of drug-likeness (QED) is 0.785. The van der Waals surface area contributed by atoms with E-state index in [1.807, 2.05) is 0 Å². The van der Waals surface area contributed by atoms with Gasteiger partial charge < -0.3 is 0 Å². The molecule has 2 amide bonds. The number of amides is 2. The lowest BCUT2D eigenvalue weighted by molar-refractivity contribution is -0.139. The predicted molar refractivity (Wildman–Crippen MR) is 70.5 cm³/mol. The summed E-state index contributed by atoms with van der Waals surface area (Å²) in [6.45, 7) is 1.72. The van der Waals surface area contributed by atoms with Crippen molar-refractivity contribution >= 4 is 46.6 Å². The number of rotatable bonds is 2. The van der Waals surface area contributed by atoms with Crippen molar-refractivity contribution in [3.05, 3.63) is 44.9 Å². The molecule has 1 aromatic carbocycles. The Labute approximate surface area is 119 Å². The largest absolute Gasteiger partial charge is 0.274 e. The third-order valence-corrected chi connectivity index (χ3v) is 3.80. The molecule has 94 valence electrons. The first-order chi connectivity index (χ1) is 8.43. The molecule has 0 aliphatic carbocycles. The van der Waals surface area contributed by atoms with Gasteiger partial charge in [-0.3, -0.25) is 14.5 Å². The monoisotopic (exact) mass is 303 g/mol. The normalized spacial score (nSPS) is 17.7. The summed E-state index contributed by atoms with van der Waals surface area (Å²) in [5.74, 6) is -1.15. The first kappa shape index (κ1) is 13.4. The smallest absolute Gasteiger partial charge is 0.267 e. The number of hydrogen-bond donors (Lipinski definition) is 0. The van der Waals surface area contributed by atoms with Crippen molar-refractivity contribution in [3.8, 4) is 0 Å². The fraction of sp³-hybridized carbons (Fsp3) is 0.167. The lowest BCUT2D eigenvalue weighted by atomic mass is 10.1. The molecule has 1 unspecified atom stereocenters. The van der Waals surface area contributed by atoms with Gasteiger partial charge >= 0.3 is 0 Å². The van der Waals surface area contributed by atoms with Crippen molar-refractivity contribution < 1.29 is 9.59 Å². The summed E-state index contributed by atoms with van der Waals surface area (Å²) in [6, 6.07) is 6.41. The number of imide groups is 1. The van der Waals surface area contributed by atoms with Crippen LogP contribution in [0.3, 0.4) is 0 Å². The van der Waals surface area contributed by atoms with Crippen molar-refractivity contribution in [2.75, 3.05) is 0 Å². The molecule has 1 aliphatic heterocycles. The second-order valence-electron chi connectivity index (χ2n) is 3.84. The summed E-state index contributed by atoms with van der Waals surface area (Å²) >= 11 is 17.1. The van der Waals surface area contributed by atoms with Crippen LogP contribution in [0.4, 0.5) is 0 Å². The molecule has 0 N–H and O–H groups in total. The lowest BCUT2D eigenvalue weighted by Gasteiger charge is -2.23. The van der Waals surface area contributed by atoms with Gasteiger partial charge in [0.05, 0.1) is 6.04 Å². The van der Waals surface area contributed by atoms with E-state index in [0.29, 0.717) is 5.02 Å². The molecule has 1 heterocycles. The maximum Gasteiger partial charge on any atom is 0.274 e. The van der Waals surface area contributed by atoms with Gasteiger partial charge in [0.1, 0.15) is 10.1 Å². The molecule has 0 bridgehead atoms. The zero-order valence-electron chi connectivity index (χ0n) is 9.28. The van der Waals surface area contributed by atoms with Crippen LogP contribution in [0, 0.1) is 0 Å². The minimum absolute atomic E-state index is 0.234. The van der Waals surface area contributed by atoms with Crippen LogP contribution in [0.5, 0.6) is 0 Å². The van der Waals surface area contributed by atoms with Crippen molar-refractivity contribution in [1.82, 2.24) is 4.90 Å². The molecular weight excluding hydrogens is 296 g/mol. The third-order valence-electron chi connectivity index (χ3n) is 2.75. The fourth-order valence-corrected chi connectivity index (χ4v) is 2.20. The number of halogens is 3. The van der Waals surface area contributed by atoms with E-state index in [9.17, 15) is 9.59 Å². The third kappa shape index (κ3) is 2.14. The highest BCUT2D eigenvalue weighted by Gasteiger charge is 2.39. The van der Waals surface area contributed by atoms with Crippen LogP contribution in [0.1, 0.15) is 18.5 Å². The van der Waals surface area contributed by atoms with E-state index in [2.05, 4.69) is 0 Å². The van der Waals surface area contributed by atoms with Gasteiger partial charge in [-0.1, -0.05) is 46.9 Å². The summed E-state index contributed by atoms with van der Waals surface area (Å²) in [4.78, 5) is 24.7. The Morgan fingerprint density at radius 2 is 1.39 bits per heavy atom. The molecule has 1 aromatic rings. The van der Waals surface area contributed by atoms with Gasteiger partial charge in [0.2, 0.25) is 0 Å². The number of carbonyl (C=O) groups is 2. The van der Waals surface area contributed by atoms with Gasteiger partial charge in [-0.25, -0.2) is 0 Å². The van der Waals surface area contributed by atoms with Crippen LogP contribution < -0.4 is 0 Å². The highest BCUT2D eigenvalue weighted by molar-refractivity contribution is 6.58. The molecule has 1 atom stereocenters. The van der Waals surface area contributed by atoms with Crippen molar-refractivity contribution in [3.63, 3.8) is 0 Å². The van der Waals surface area contributed by atoms with Gasteiger partial charge in [-0.2, -0.15) is 0 Å². The second-order valence-corrected chi connectivity index (χ2v) is 5.03. The number of nitrogens with zero attached hydrogens (tertiary/aromatic N) is 1. The molecule has 2 rings (SSSR count). The Kier molecular flexibility index (Phi) is 3.66. The molecule has 0 saturated carbocycles. The maximum atomic E-state index is 11.8. The summed E-state index contributed by atoms with van der Waals surface area (Å²) in [6.07, 6.45) is 0. The van der Waals surface area contributed by atoms with E-state index in [1.54, 1.807) is 31.2 Å². The standard InChI is InChI=1S/C12H8Cl3NO2/c1-6(7-2-4-8(13)5-3-7)16-11(17)9(14)10(15)12(16)18/h2-6H,1H3. The van der Waals surface area contributed by atoms with Crippen molar-refractivity contribution in [2.45, 2.75) is 13.0 Å². The summed E-state index contributed by atoms with van der Waals surface area (Å²) < 4.78 is 0. The van der Waals surface area contributed by atoms with Gasteiger partial charge in [0, 0.05) is 5.02 Å². The number of carbonyl (C=O) groups excluding carboxylic acids is 2. The Bertz CT molecular complexity index is 527. The first-order valence-corrected chi connectivity index (χ1v) is 6.25. The Morgan fingerprint density at radius 1 is 0.944 bits per heavy atom. The Morgan fingerprint density at radius 3 is 1.83 bits per heavy atom. The van der Waals surface area contributed by atoms with E-state index in [4.69, 9.17) is 34.8 Å². The van der Waals surface area contributed by atoms with Crippen LogP contribution in [0.2, 0.25) is 5.02 Å². The zero-order valence-corrected chi connectivity index (χ0v) is 11.6. The summed E-state index contributed by atoms with van der Waals surface area (Å²) in [5, 5.41) is 0.115. The molecule has 1 aliphatic rings. The molecule has 3 nitrogen and oxygen atoms in total. The van der Waals surface area contributed by atoms with Gasteiger partial charge in [0.25, 0.3) is 11.8 Å². The molecule has 0 spiro atoms. The van der Waals surface area contributed by atoms with Crippen LogP contribution in [0.25, 0.3) is 0 Å². The number of hydrogen-bond acceptors (Lipinski definition) is 2. The van der Waals surface area contributed by atoms with E-state index < -0.39 is 17.9 Å². The van der Waals surface area contributed by atoms with Gasteiger partial charge in [0.15, 0.2) is 0 Å². The highest BCUT2D eigenvalue weighted by atomic mass is 35.5. The van der Waals surface area contributed by atoms with Crippen molar-refractivity contribution in [2.24, 2.45) is 0 Å². The van der Waals surface area contributed by atoms with Gasteiger partial charge in [-0.15, -0.1) is 0 Å². The predicted octanol–water partition coefficient (Wildman–Crippen LogP) is 3.46. The van der Waals surface area contributed by atoms with Gasteiger partial charge in [-0.05, 0) is 24.6 Å².